The Bertz CT molecular complexity index is 496. The fourth-order valence-corrected chi connectivity index (χ4v) is 2.01. The molecular formula is C11H9F3N2OS. The number of thiazole rings is 1. The van der Waals surface area contributed by atoms with Crippen molar-refractivity contribution in [3.63, 3.8) is 0 Å². The molecule has 1 atom stereocenters. The number of hydrogen-bond acceptors (Lipinski definition) is 4. The predicted molar refractivity (Wildman–Crippen MR) is 61.3 cm³/mol. The van der Waals surface area contributed by atoms with Crippen molar-refractivity contribution < 1.29 is 17.9 Å². The second kappa shape index (κ2) is 4.95. The number of hydrogen-bond donors (Lipinski definition) is 1. The summed E-state index contributed by atoms with van der Waals surface area (Å²) in [6.45, 7) is 0. The van der Waals surface area contributed by atoms with Gasteiger partial charge in [-0.1, -0.05) is 12.1 Å². The average molecular weight is 274 g/mol. The Morgan fingerprint density at radius 3 is 2.39 bits per heavy atom. The fraction of sp³-hybridized carbons (Fsp3) is 0.182. The van der Waals surface area contributed by atoms with Gasteiger partial charge in [-0.2, -0.15) is 0 Å². The van der Waals surface area contributed by atoms with Crippen LogP contribution >= 0.6 is 11.3 Å². The van der Waals surface area contributed by atoms with Gasteiger partial charge in [-0.15, -0.1) is 24.5 Å². The Balaban J connectivity index is 2.13. The molecule has 2 rings (SSSR count). The van der Waals surface area contributed by atoms with E-state index in [-0.39, 0.29) is 5.75 Å². The molecule has 0 amide bonds. The van der Waals surface area contributed by atoms with Crippen LogP contribution in [0, 0.1) is 0 Å². The maximum absolute atomic E-state index is 12.0. The Kier molecular flexibility index (Phi) is 3.53. The SMILES string of the molecule is NC(c1ccc(OC(F)(F)F)cc1)c1cscn1. The summed E-state index contributed by atoms with van der Waals surface area (Å²) in [5.74, 6) is -0.267. The average Bonchev–Trinajstić information content (AvgIpc) is 2.80. The van der Waals surface area contributed by atoms with Gasteiger partial charge in [-0.05, 0) is 17.7 Å². The van der Waals surface area contributed by atoms with Gasteiger partial charge in [-0.3, -0.25) is 0 Å². The van der Waals surface area contributed by atoms with Crippen LogP contribution in [0.3, 0.4) is 0 Å². The van der Waals surface area contributed by atoms with E-state index in [0.29, 0.717) is 11.3 Å². The number of rotatable bonds is 3. The maximum Gasteiger partial charge on any atom is 0.573 e. The molecule has 2 N–H and O–H groups in total. The van der Waals surface area contributed by atoms with Gasteiger partial charge in [0.2, 0.25) is 0 Å². The largest absolute Gasteiger partial charge is 0.573 e. The van der Waals surface area contributed by atoms with Crippen LogP contribution in [-0.2, 0) is 0 Å². The first kappa shape index (κ1) is 12.8. The molecule has 0 aliphatic carbocycles. The van der Waals surface area contributed by atoms with Gasteiger partial charge in [0.15, 0.2) is 0 Å². The number of alkyl halides is 3. The van der Waals surface area contributed by atoms with Crippen LogP contribution in [0.4, 0.5) is 13.2 Å². The molecule has 0 aliphatic heterocycles. The molecule has 0 bridgehead atoms. The zero-order chi connectivity index (χ0) is 13.2. The highest BCUT2D eigenvalue weighted by atomic mass is 32.1. The fourth-order valence-electron chi connectivity index (χ4n) is 1.42. The van der Waals surface area contributed by atoms with Crippen molar-refractivity contribution in [2.24, 2.45) is 5.73 Å². The first-order chi connectivity index (χ1) is 8.46. The molecule has 0 saturated carbocycles. The van der Waals surface area contributed by atoms with Crippen molar-refractivity contribution in [3.05, 3.63) is 46.4 Å². The van der Waals surface area contributed by atoms with E-state index in [1.807, 2.05) is 0 Å². The van der Waals surface area contributed by atoms with Crippen LogP contribution < -0.4 is 10.5 Å². The third kappa shape index (κ3) is 3.21. The molecular weight excluding hydrogens is 265 g/mol. The van der Waals surface area contributed by atoms with E-state index in [0.717, 1.165) is 0 Å². The van der Waals surface area contributed by atoms with Crippen molar-refractivity contribution >= 4 is 11.3 Å². The molecule has 0 saturated heterocycles. The van der Waals surface area contributed by atoms with Crippen LogP contribution in [0.5, 0.6) is 5.75 Å². The molecule has 0 radical (unpaired) electrons. The highest BCUT2D eigenvalue weighted by Gasteiger charge is 2.31. The van der Waals surface area contributed by atoms with Crippen LogP contribution in [0.2, 0.25) is 0 Å². The minimum absolute atomic E-state index is 0.267. The third-order valence-electron chi connectivity index (χ3n) is 2.24. The monoisotopic (exact) mass is 274 g/mol. The van der Waals surface area contributed by atoms with Crippen molar-refractivity contribution in [1.29, 1.82) is 0 Å². The number of nitrogens with zero attached hydrogens (tertiary/aromatic N) is 1. The van der Waals surface area contributed by atoms with Crippen LogP contribution in [0.1, 0.15) is 17.3 Å². The second-order valence-electron chi connectivity index (χ2n) is 3.51. The van der Waals surface area contributed by atoms with Crippen molar-refractivity contribution in [1.82, 2.24) is 4.98 Å². The Morgan fingerprint density at radius 1 is 1.22 bits per heavy atom. The molecule has 0 spiro atoms. The summed E-state index contributed by atoms with van der Waals surface area (Å²) < 4.78 is 39.7. The highest BCUT2D eigenvalue weighted by Crippen LogP contribution is 2.25. The zero-order valence-corrected chi connectivity index (χ0v) is 9.83. The van der Waals surface area contributed by atoms with Gasteiger partial charge in [0.05, 0.1) is 17.2 Å². The Hall–Kier alpha value is -1.60. The van der Waals surface area contributed by atoms with E-state index in [9.17, 15) is 13.2 Å². The quantitative estimate of drug-likeness (QED) is 0.935. The summed E-state index contributed by atoms with van der Waals surface area (Å²) >= 11 is 1.41. The number of ether oxygens (including phenoxy) is 1. The van der Waals surface area contributed by atoms with E-state index in [4.69, 9.17) is 5.73 Å². The molecule has 3 nitrogen and oxygen atoms in total. The van der Waals surface area contributed by atoms with Crippen molar-refractivity contribution in [2.75, 3.05) is 0 Å². The van der Waals surface area contributed by atoms with Crippen LogP contribution in [0.15, 0.2) is 35.2 Å². The van der Waals surface area contributed by atoms with E-state index in [2.05, 4.69) is 9.72 Å². The first-order valence-corrected chi connectivity index (χ1v) is 5.89. The van der Waals surface area contributed by atoms with E-state index in [1.54, 1.807) is 10.9 Å². The Labute approximate surface area is 105 Å². The van der Waals surface area contributed by atoms with E-state index >= 15 is 0 Å². The van der Waals surface area contributed by atoms with Crippen LogP contribution in [0.25, 0.3) is 0 Å². The van der Waals surface area contributed by atoms with Gasteiger partial charge in [0.25, 0.3) is 0 Å². The number of halogens is 3. The lowest BCUT2D eigenvalue weighted by Gasteiger charge is -2.12. The minimum atomic E-state index is -4.68. The smallest absolute Gasteiger partial charge is 0.406 e. The van der Waals surface area contributed by atoms with E-state index < -0.39 is 12.4 Å². The van der Waals surface area contributed by atoms with Crippen molar-refractivity contribution in [3.8, 4) is 5.75 Å². The van der Waals surface area contributed by atoms with Crippen LogP contribution in [-0.4, -0.2) is 11.3 Å². The third-order valence-corrected chi connectivity index (χ3v) is 2.85. The molecule has 18 heavy (non-hydrogen) atoms. The molecule has 7 heteroatoms. The normalized spacial score (nSPS) is 13.3. The summed E-state index contributed by atoms with van der Waals surface area (Å²) in [7, 11) is 0. The lowest BCUT2D eigenvalue weighted by molar-refractivity contribution is -0.274. The molecule has 0 fully saturated rings. The van der Waals surface area contributed by atoms with Gasteiger partial charge >= 0.3 is 6.36 Å². The molecule has 0 aliphatic rings. The number of aromatic nitrogens is 1. The number of benzene rings is 1. The second-order valence-corrected chi connectivity index (χ2v) is 4.23. The summed E-state index contributed by atoms with van der Waals surface area (Å²) in [6.07, 6.45) is -4.68. The Morgan fingerprint density at radius 2 is 1.89 bits per heavy atom. The molecule has 96 valence electrons. The summed E-state index contributed by atoms with van der Waals surface area (Å²) in [5, 5.41) is 1.80. The molecule has 1 heterocycles. The minimum Gasteiger partial charge on any atom is -0.406 e. The topological polar surface area (TPSA) is 48.1 Å². The van der Waals surface area contributed by atoms with Gasteiger partial charge in [0.1, 0.15) is 5.75 Å². The summed E-state index contributed by atoms with van der Waals surface area (Å²) in [5.41, 5.74) is 8.93. The molecule has 1 aromatic carbocycles. The van der Waals surface area contributed by atoms with Gasteiger partial charge < -0.3 is 10.5 Å². The maximum atomic E-state index is 12.0. The lowest BCUT2D eigenvalue weighted by atomic mass is 10.1. The predicted octanol–water partition coefficient (Wildman–Crippen LogP) is 3.09. The number of nitrogens with two attached hydrogens (primary N) is 1. The lowest BCUT2D eigenvalue weighted by Crippen LogP contribution is -2.17. The van der Waals surface area contributed by atoms with Crippen molar-refractivity contribution in [2.45, 2.75) is 12.4 Å². The van der Waals surface area contributed by atoms with Gasteiger partial charge in [-0.25, -0.2) is 4.98 Å². The molecule has 2 aromatic rings. The zero-order valence-electron chi connectivity index (χ0n) is 9.02. The molecule has 1 unspecified atom stereocenters. The summed E-state index contributed by atoms with van der Waals surface area (Å²) in [4.78, 5) is 4.06. The molecule has 1 aromatic heterocycles. The van der Waals surface area contributed by atoms with E-state index in [1.165, 1.54) is 35.6 Å². The summed E-state index contributed by atoms with van der Waals surface area (Å²) in [6, 6.07) is 5.00. The van der Waals surface area contributed by atoms with Gasteiger partial charge in [0, 0.05) is 5.38 Å². The first-order valence-electron chi connectivity index (χ1n) is 4.95. The highest BCUT2D eigenvalue weighted by molar-refractivity contribution is 7.07. The standard InChI is InChI=1S/C11H9F3N2OS/c12-11(13,14)17-8-3-1-7(2-4-8)10(15)9-5-18-6-16-9/h1-6,10H,15H2.